The Hall–Kier alpha value is -3.11. The molecule has 0 unspecified atom stereocenters. The van der Waals surface area contributed by atoms with E-state index < -0.39 is 53.1 Å². The van der Waals surface area contributed by atoms with Crippen LogP contribution in [0.15, 0.2) is 9.81 Å². The first kappa shape index (κ1) is 38.1. The fourth-order valence-electron chi connectivity index (χ4n) is 4.79. The molecule has 16 heteroatoms. The lowest BCUT2D eigenvalue weighted by atomic mass is 9.87. The van der Waals surface area contributed by atoms with Gasteiger partial charge in [-0.3, -0.25) is 38.9 Å². The van der Waals surface area contributed by atoms with Gasteiger partial charge in [-0.15, -0.1) is 23.5 Å². The Balaban J connectivity index is 2.05. The molecule has 7 amide bonds. The molecule has 1 saturated heterocycles. The molecule has 0 aromatic heterocycles. The number of hydrogen-bond acceptors (Lipinski definition) is 10. The van der Waals surface area contributed by atoms with Crippen LogP contribution in [0.3, 0.4) is 0 Å². The van der Waals surface area contributed by atoms with Crippen LogP contribution >= 0.6 is 23.5 Å². The molecule has 2 rings (SSSR count). The summed E-state index contributed by atoms with van der Waals surface area (Å²) in [6.07, 6.45) is 1.76. The van der Waals surface area contributed by atoms with Gasteiger partial charge >= 0.3 is 0 Å². The van der Waals surface area contributed by atoms with Crippen LogP contribution in [0, 0.1) is 11.8 Å². The quantitative estimate of drug-likeness (QED) is 0.0807. The summed E-state index contributed by atoms with van der Waals surface area (Å²) in [5, 5.41) is 10.6. The van der Waals surface area contributed by atoms with E-state index in [1.165, 1.54) is 0 Å². The minimum Gasteiger partial charge on any atom is -0.381 e. The highest BCUT2D eigenvalue weighted by molar-refractivity contribution is 8.08. The maximum Gasteiger partial charge on any atom is 0.265 e. The molecule has 0 aromatic rings. The molecule has 8 N–H and O–H groups in total. The predicted octanol–water partition coefficient (Wildman–Crippen LogP) is 0.189. The first-order chi connectivity index (χ1) is 21.2. The third-order valence-electron chi connectivity index (χ3n) is 7.54. The number of primary amides is 2. The summed E-state index contributed by atoms with van der Waals surface area (Å²) in [6.45, 7) is 7.96. The van der Waals surface area contributed by atoms with Gasteiger partial charge in [0, 0.05) is 44.6 Å². The zero-order chi connectivity index (χ0) is 33.7. The average molecular weight is 671 g/mol. The molecule has 2 heterocycles. The Labute approximate surface area is 272 Å². The molecule has 2 aliphatic heterocycles. The zero-order valence-electron chi connectivity index (χ0n) is 26.3. The lowest BCUT2D eigenvalue weighted by Crippen LogP contribution is -2.64. The molecule has 0 bridgehead atoms. The molecule has 0 spiro atoms. The fourth-order valence-corrected chi connectivity index (χ4v) is 6.95. The third kappa shape index (κ3) is 11.6. The number of carbonyl (C=O) groups excluding carboxylic acids is 7. The number of ether oxygens (including phenoxy) is 1. The van der Waals surface area contributed by atoms with Crippen LogP contribution in [0.2, 0.25) is 0 Å². The molecule has 45 heavy (non-hydrogen) atoms. The van der Waals surface area contributed by atoms with E-state index in [9.17, 15) is 33.6 Å². The second-order valence-electron chi connectivity index (χ2n) is 11.6. The summed E-state index contributed by atoms with van der Waals surface area (Å²) >= 11 is 2.21. The van der Waals surface area contributed by atoms with Crippen LogP contribution in [0.4, 0.5) is 0 Å². The van der Waals surface area contributed by atoms with Crippen molar-refractivity contribution in [3.63, 3.8) is 0 Å². The van der Waals surface area contributed by atoms with Gasteiger partial charge in [0.25, 0.3) is 11.8 Å². The molecule has 0 aliphatic carbocycles. The monoisotopic (exact) mass is 670 g/mol. The number of imide groups is 1. The topological polar surface area (TPSA) is 229 Å². The Bertz CT molecular complexity index is 1170. The molecular formula is C29H46N6O8S2. The van der Waals surface area contributed by atoms with E-state index in [-0.39, 0.29) is 72.2 Å². The van der Waals surface area contributed by atoms with Crippen molar-refractivity contribution in [3.05, 3.63) is 9.81 Å². The van der Waals surface area contributed by atoms with Crippen LogP contribution in [0.1, 0.15) is 72.6 Å². The van der Waals surface area contributed by atoms with Gasteiger partial charge in [-0.1, -0.05) is 34.1 Å². The number of carbonyl (C=O) groups is 7. The van der Waals surface area contributed by atoms with Gasteiger partial charge in [-0.05, 0) is 30.4 Å². The molecule has 14 nitrogen and oxygen atoms in total. The number of nitrogens with one attached hydrogen (secondary N) is 4. The molecule has 1 fully saturated rings. The fraction of sp³-hybridized carbons (Fsp3) is 0.690. The van der Waals surface area contributed by atoms with Crippen molar-refractivity contribution in [1.82, 2.24) is 21.3 Å². The summed E-state index contributed by atoms with van der Waals surface area (Å²) in [5.74, 6) is -3.22. The summed E-state index contributed by atoms with van der Waals surface area (Å²) < 4.78 is 5.45. The average Bonchev–Trinajstić information content (AvgIpc) is 3.24. The Morgan fingerprint density at radius 2 is 1.53 bits per heavy atom. The molecule has 2 aliphatic rings. The zero-order valence-corrected chi connectivity index (χ0v) is 28.0. The number of thioether (sulfide) groups is 2. The summed E-state index contributed by atoms with van der Waals surface area (Å²) in [5.41, 5.74) is 9.38. The maximum atomic E-state index is 13.7. The van der Waals surface area contributed by atoms with E-state index in [4.69, 9.17) is 16.2 Å². The van der Waals surface area contributed by atoms with Gasteiger partial charge in [0.2, 0.25) is 29.5 Å². The molecule has 0 saturated carbocycles. The molecule has 252 valence electrons. The van der Waals surface area contributed by atoms with Crippen LogP contribution in [0.25, 0.3) is 0 Å². The van der Waals surface area contributed by atoms with Crippen LogP contribution < -0.4 is 32.7 Å². The van der Waals surface area contributed by atoms with Crippen molar-refractivity contribution in [2.24, 2.45) is 23.3 Å². The summed E-state index contributed by atoms with van der Waals surface area (Å²) in [4.78, 5) is 87.9. The van der Waals surface area contributed by atoms with Crippen LogP contribution in [0.5, 0.6) is 0 Å². The highest BCUT2D eigenvalue weighted by Gasteiger charge is 2.43. The third-order valence-corrected chi connectivity index (χ3v) is 9.93. The van der Waals surface area contributed by atoms with Crippen LogP contribution in [-0.2, 0) is 38.3 Å². The van der Waals surface area contributed by atoms with Gasteiger partial charge in [0.1, 0.15) is 17.6 Å². The molecule has 0 aromatic carbocycles. The Morgan fingerprint density at radius 3 is 2.07 bits per heavy atom. The van der Waals surface area contributed by atoms with E-state index in [1.807, 2.05) is 20.8 Å². The predicted molar refractivity (Wildman–Crippen MR) is 171 cm³/mol. The first-order valence-corrected chi connectivity index (χ1v) is 17.1. The maximum absolute atomic E-state index is 13.7. The largest absolute Gasteiger partial charge is 0.381 e. The van der Waals surface area contributed by atoms with Gasteiger partial charge < -0.3 is 32.2 Å². The number of hydrogen-bond donors (Lipinski definition) is 6. The minimum atomic E-state index is -1.30. The van der Waals surface area contributed by atoms with Crippen molar-refractivity contribution in [1.29, 1.82) is 0 Å². The van der Waals surface area contributed by atoms with E-state index in [0.29, 0.717) is 25.0 Å². The lowest BCUT2D eigenvalue weighted by molar-refractivity contribution is -0.140. The Morgan fingerprint density at radius 1 is 0.933 bits per heavy atom. The van der Waals surface area contributed by atoms with Gasteiger partial charge in [0.05, 0.1) is 9.81 Å². The van der Waals surface area contributed by atoms with Crippen LogP contribution in [-0.4, -0.2) is 83.7 Å². The van der Waals surface area contributed by atoms with Crippen molar-refractivity contribution >= 4 is 64.9 Å². The lowest BCUT2D eigenvalue weighted by Gasteiger charge is -2.38. The normalized spacial score (nSPS) is 18.2. The highest BCUT2D eigenvalue weighted by Crippen LogP contribution is 2.33. The van der Waals surface area contributed by atoms with E-state index in [0.717, 1.165) is 23.5 Å². The highest BCUT2D eigenvalue weighted by atomic mass is 32.2. The molecule has 0 radical (unpaired) electrons. The summed E-state index contributed by atoms with van der Waals surface area (Å²) in [7, 11) is 0. The van der Waals surface area contributed by atoms with Crippen molar-refractivity contribution in [3.8, 4) is 0 Å². The van der Waals surface area contributed by atoms with E-state index in [2.05, 4.69) is 21.3 Å². The van der Waals surface area contributed by atoms with Crippen molar-refractivity contribution < 1.29 is 38.3 Å². The first-order valence-electron chi connectivity index (χ1n) is 15.1. The molecule has 3 atom stereocenters. The SMILES string of the molecule is CC[C@H](C)[C@H](NC(=O)[C@H](CC(C)C)NC(=O)C1(NC(=O)CCCSC2=C(SCCC(N)=O)C(=O)NC2=O)CCOCC1)C(N)=O. The second-order valence-corrected chi connectivity index (χ2v) is 13.8. The molecular weight excluding hydrogens is 624 g/mol. The van der Waals surface area contributed by atoms with Gasteiger partial charge in [0.15, 0.2) is 0 Å². The summed E-state index contributed by atoms with van der Waals surface area (Å²) in [6, 6.07) is -1.85. The second kappa shape index (κ2) is 18.1. The van der Waals surface area contributed by atoms with Crippen molar-refractivity contribution in [2.75, 3.05) is 24.7 Å². The standard InChI is InChI=1S/C29H46N6O8S2/c1-5-17(4)21(24(31)38)33-25(39)18(15-16(2)3)32-28(42)29(9-11-43-12-10-29)35-20(37)7-6-13-44-22-23(27(41)34-26(22)40)45-14-8-19(30)36/h16-18,21H,5-15H2,1-4H3,(H2,30,36)(H2,31,38)(H,32,42)(H,33,39)(H,35,37)(H,34,40,41)/t17-,18-,21-/m0/s1. The van der Waals surface area contributed by atoms with Gasteiger partial charge in [-0.2, -0.15) is 0 Å². The Kier molecular flexibility index (Phi) is 15.3. The van der Waals surface area contributed by atoms with E-state index >= 15 is 0 Å². The number of nitrogens with two attached hydrogens (primary N) is 2. The number of amides is 7. The smallest absolute Gasteiger partial charge is 0.265 e. The number of rotatable bonds is 19. The van der Waals surface area contributed by atoms with E-state index in [1.54, 1.807) is 6.92 Å². The van der Waals surface area contributed by atoms with Gasteiger partial charge in [-0.25, -0.2) is 0 Å². The van der Waals surface area contributed by atoms with Crippen molar-refractivity contribution in [2.45, 2.75) is 90.3 Å². The minimum absolute atomic E-state index is 0.0313.